The van der Waals surface area contributed by atoms with Crippen LogP contribution in [0.4, 0.5) is 0 Å². The van der Waals surface area contributed by atoms with Gasteiger partial charge in [-0.3, -0.25) is 14.8 Å². The fraction of sp³-hybridized carbons (Fsp3) is 0.111. The van der Waals surface area contributed by atoms with Crippen LogP contribution in [0.3, 0.4) is 0 Å². The molecule has 0 unspecified atom stereocenters. The summed E-state index contributed by atoms with van der Waals surface area (Å²) in [5, 5.41) is 9.09. The van der Waals surface area contributed by atoms with Crippen molar-refractivity contribution >= 4 is 5.71 Å². The number of aromatic nitrogens is 2. The monoisotopic (exact) mass is 416 g/mol. The van der Waals surface area contributed by atoms with E-state index in [4.69, 9.17) is 10.3 Å². The van der Waals surface area contributed by atoms with E-state index in [1.165, 1.54) is 5.56 Å². The van der Waals surface area contributed by atoms with Crippen molar-refractivity contribution in [2.75, 3.05) is 0 Å². The standard InChI is InChI=1S/C27H20N4O/c1-18-11-23(7-9-29-18)27-25-13-21(5-6-24(25)16-30-27)22-8-10-31(26(32)14-22)17-20-4-2-3-19(12-20)15-28/h2-14H,16-17H2,1H3. The predicted octanol–water partition coefficient (Wildman–Crippen LogP) is 4.49. The number of aliphatic imine (C=N–C) groups is 1. The Bertz CT molecular complexity index is 1470. The maximum Gasteiger partial charge on any atom is 0.251 e. The molecule has 32 heavy (non-hydrogen) atoms. The molecular formula is C27H20N4O. The molecule has 0 amide bonds. The molecule has 2 aromatic heterocycles. The molecule has 0 aliphatic carbocycles. The molecule has 5 heteroatoms. The number of nitriles is 1. The first-order valence-corrected chi connectivity index (χ1v) is 10.4. The van der Waals surface area contributed by atoms with E-state index in [0.29, 0.717) is 18.7 Å². The van der Waals surface area contributed by atoms with Gasteiger partial charge in [-0.05, 0) is 65.6 Å². The summed E-state index contributed by atoms with van der Waals surface area (Å²) in [7, 11) is 0. The van der Waals surface area contributed by atoms with Crippen LogP contribution in [-0.4, -0.2) is 15.3 Å². The van der Waals surface area contributed by atoms with E-state index in [1.807, 2.05) is 55.6 Å². The second-order valence-corrected chi connectivity index (χ2v) is 7.92. The Morgan fingerprint density at radius 2 is 1.88 bits per heavy atom. The lowest BCUT2D eigenvalue weighted by Crippen LogP contribution is -2.19. The quantitative estimate of drug-likeness (QED) is 0.492. The molecule has 1 aliphatic rings. The van der Waals surface area contributed by atoms with Crippen LogP contribution in [0.25, 0.3) is 11.1 Å². The van der Waals surface area contributed by atoms with E-state index in [1.54, 1.807) is 22.9 Å². The summed E-state index contributed by atoms with van der Waals surface area (Å²) in [5.41, 5.74) is 8.56. The molecule has 0 fully saturated rings. The largest absolute Gasteiger partial charge is 0.311 e. The zero-order valence-corrected chi connectivity index (χ0v) is 17.6. The third kappa shape index (κ3) is 3.75. The van der Waals surface area contributed by atoms with Gasteiger partial charge in [-0.1, -0.05) is 24.3 Å². The minimum Gasteiger partial charge on any atom is -0.311 e. The summed E-state index contributed by atoms with van der Waals surface area (Å²) in [6, 6.07) is 23.4. The Labute approximate surface area is 186 Å². The van der Waals surface area contributed by atoms with Gasteiger partial charge in [0.05, 0.1) is 30.4 Å². The van der Waals surface area contributed by atoms with Crippen LogP contribution in [0.15, 0.2) is 88.9 Å². The maximum absolute atomic E-state index is 12.8. The van der Waals surface area contributed by atoms with Gasteiger partial charge in [0.1, 0.15) is 0 Å². The molecule has 3 heterocycles. The van der Waals surface area contributed by atoms with Crippen molar-refractivity contribution < 1.29 is 0 Å². The average molecular weight is 416 g/mol. The van der Waals surface area contributed by atoms with Crippen LogP contribution < -0.4 is 5.56 Å². The fourth-order valence-corrected chi connectivity index (χ4v) is 4.06. The molecule has 5 rings (SSSR count). The maximum atomic E-state index is 12.8. The van der Waals surface area contributed by atoms with Gasteiger partial charge in [-0.15, -0.1) is 0 Å². The van der Waals surface area contributed by atoms with E-state index in [-0.39, 0.29) is 5.56 Å². The zero-order chi connectivity index (χ0) is 22.1. The lowest BCUT2D eigenvalue weighted by molar-refractivity contribution is 0.760. The van der Waals surface area contributed by atoms with Crippen molar-refractivity contribution in [3.05, 3.63) is 123 Å². The van der Waals surface area contributed by atoms with Crippen LogP contribution in [-0.2, 0) is 13.1 Å². The molecule has 0 atom stereocenters. The molecular weight excluding hydrogens is 396 g/mol. The van der Waals surface area contributed by atoms with Gasteiger partial charge in [0.2, 0.25) is 0 Å². The lowest BCUT2D eigenvalue weighted by Gasteiger charge is -2.10. The van der Waals surface area contributed by atoms with Crippen LogP contribution >= 0.6 is 0 Å². The van der Waals surface area contributed by atoms with Crippen molar-refractivity contribution in [3.63, 3.8) is 0 Å². The highest BCUT2D eigenvalue weighted by Gasteiger charge is 2.18. The highest BCUT2D eigenvalue weighted by atomic mass is 16.1. The highest BCUT2D eigenvalue weighted by Crippen LogP contribution is 2.28. The Balaban J connectivity index is 1.46. The molecule has 1 aliphatic heterocycles. The first-order chi connectivity index (χ1) is 15.6. The number of benzene rings is 2. The highest BCUT2D eigenvalue weighted by molar-refractivity contribution is 6.15. The summed E-state index contributed by atoms with van der Waals surface area (Å²) in [4.78, 5) is 21.8. The van der Waals surface area contributed by atoms with Gasteiger partial charge in [0.15, 0.2) is 0 Å². The second-order valence-electron chi connectivity index (χ2n) is 7.92. The number of pyridine rings is 2. The average Bonchev–Trinajstić information content (AvgIpc) is 3.24. The van der Waals surface area contributed by atoms with Gasteiger partial charge < -0.3 is 4.57 Å². The van der Waals surface area contributed by atoms with Gasteiger partial charge in [-0.2, -0.15) is 5.26 Å². The molecule has 0 saturated heterocycles. The van der Waals surface area contributed by atoms with Gasteiger partial charge in [-0.25, -0.2) is 0 Å². The third-order valence-electron chi connectivity index (χ3n) is 5.68. The number of hydrogen-bond acceptors (Lipinski definition) is 4. The van der Waals surface area contributed by atoms with E-state index in [9.17, 15) is 4.79 Å². The third-order valence-corrected chi connectivity index (χ3v) is 5.68. The van der Waals surface area contributed by atoms with Crippen molar-refractivity contribution in [3.8, 4) is 17.2 Å². The zero-order valence-electron chi connectivity index (χ0n) is 17.6. The van der Waals surface area contributed by atoms with Gasteiger partial charge in [0, 0.05) is 35.3 Å². The van der Waals surface area contributed by atoms with E-state index >= 15 is 0 Å². The minimum absolute atomic E-state index is 0.0796. The number of fused-ring (bicyclic) bond motifs is 1. The minimum atomic E-state index is -0.0796. The summed E-state index contributed by atoms with van der Waals surface area (Å²) in [6.45, 7) is 3.06. The van der Waals surface area contributed by atoms with Gasteiger partial charge >= 0.3 is 0 Å². The van der Waals surface area contributed by atoms with Crippen molar-refractivity contribution in [2.24, 2.45) is 4.99 Å². The molecule has 2 aromatic carbocycles. The lowest BCUT2D eigenvalue weighted by atomic mass is 9.96. The van der Waals surface area contributed by atoms with E-state index in [2.05, 4.69) is 23.2 Å². The van der Waals surface area contributed by atoms with Crippen molar-refractivity contribution in [1.29, 1.82) is 5.26 Å². The van der Waals surface area contributed by atoms with Crippen molar-refractivity contribution in [1.82, 2.24) is 9.55 Å². The normalized spacial score (nSPS) is 12.2. The Morgan fingerprint density at radius 3 is 2.69 bits per heavy atom. The second kappa shape index (κ2) is 8.09. The number of hydrogen-bond donors (Lipinski definition) is 0. The fourth-order valence-electron chi connectivity index (χ4n) is 4.06. The molecule has 0 radical (unpaired) electrons. The Morgan fingerprint density at radius 1 is 1.00 bits per heavy atom. The number of aryl methyl sites for hydroxylation is 1. The van der Waals surface area contributed by atoms with E-state index < -0.39 is 0 Å². The molecule has 5 nitrogen and oxygen atoms in total. The number of rotatable bonds is 4. The summed E-state index contributed by atoms with van der Waals surface area (Å²) >= 11 is 0. The Hall–Kier alpha value is -4.30. The topological polar surface area (TPSA) is 71.0 Å². The van der Waals surface area contributed by atoms with Crippen LogP contribution in [0, 0.1) is 18.3 Å². The van der Waals surface area contributed by atoms with Crippen LogP contribution in [0.1, 0.15) is 33.5 Å². The summed E-state index contributed by atoms with van der Waals surface area (Å²) in [6.07, 6.45) is 3.62. The summed E-state index contributed by atoms with van der Waals surface area (Å²) < 4.78 is 1.65. The van der Waals surface area contributed by atoms with Gasteiger partial charge in [0.25, 0.3) is 5.56 Å². The number of nitrogens with zero attached hydrogens (tertiary/aromatic N) is 4. The molecule has 0 saturated carbocycles. The van der Waals surface area contributed by atoms with Crippen LogP contribution in [0.5, 0.6) is 0 Å². The molecule has 0 spiro atoms. The predicted molar refractivity (Wildman–Crippen MR) is 125 cm³/mol. The molecule has 0 N–H and O–H groups in total. The SMILES string of the molecule is Cc1cc(C2=NCc3ccc(-c4ccn(Cc5cccc(C#N)c5)c(=O)c4)cc32)ccn1. The Kier molecular flexibility index (Phi) is 4.97. The summed E-state index contributed by atoms with van der Waals surface area (Å²) in [5.74, 6) is 0. The first-order valence-electron chi connectivity index (χ1n) is 10.4. The van der Waals surface area contributed by atoms with E-state index in [0.717, 1.165) is 39.2 Å². The molecule has 0 bridgehead atoms. The smallest absolute Gasteiger partial charge is 0.251 e. The molecule has 154 valence electrons. The first kappa shape index (κ1) is 19.7. The van der Waals surface area contributed by atoms with Crippen LogP contribution in [0.2, 0.25) is 0 Å². The molecule has 4 aromatic rings. The van der Waals surface area contributed by atoms with Crippen molar-refractivity contribution in [2.45, 2.75) is 20.0 Å².